The molecule has 0 amide bonds. The molecular formula is C23H22O2. The fourth-order valence-electron chi connectivity index (χ4n) is 3.69. The first-order valence-electron chi connectivity index (χ1n) is 8.74. The number of ketones is 1. The Hall–Kier alpha value is -2.61. The number of ether oxygens (including phenoxy) is 1. The van der Waals surface area contributed by atoms with Crippen LogP contribution in [0.2, 0.25) is 0 Å². The smallest absolute Gasteiger partial charge is 0.179 e. The molecule has 0 saturated heterocycles. The number of hydrogen-bond donors (Lipinski definition) is 0. The zero-order valence-corrected chi connectivity index (χ0v) is 14.8. The Morgan fingerprint density at radius 2 is 1.56 bits per heavy atom. The van der Waals surface area contributed by atoms with Crippen LogP contribution in [0.15, 0.2) is 66.7 Å². The maximum atomic E-state index is 13.1. The van der Waals surface area contributed by atoms with Crippen LogP contribution in [-0.2, 0) is 4.79 Å². The zero-order chi connectivity index (χ0) is 17.6. The number of benzene rings is 3. The van der Waals surface area contributed by atoms with Gasteiger partial charge in [0.1, 0.15) is 5.75 Å². The Balaban J connectivity index is 1.95. The van der Waals surface area contributed by atoms with Gasteiger partial charge in [0, 0.05) is 11.0 Å². The quantitative estimate of drug-likeness (QED) is 0.633. The van der Waals surface area contributed by atoms with E-state index < -0.39 is 11.5 Å². The molecule has 2 atom stereocenters. The summed E-state index contributed by atoms with van der Waals surface area (Å²) in [5.41, 5.74) is 1.81. The summed E-state index contributed by atoms with van der Waals surface area (Å²) in [5.74, 6) is 0.894. The van der Waals surface area contributed by atoms with E-state index in [0.29, 0.717) is 0 Å². The summed E-state index contributed by atoms with van der Waals surface area (Å²) in [5, 5.41) is 2.34. The second kappa shape index (κ2) is 5.73. The predicted molar refractivity (Wildman–Crippen MR) is 101 cm³/mol. The van der Waals surface area contributed by atoms with Crippen LogP contribution in [0.5, 0.6) is 5.75 Å². The third kappa shape index (κ3) is 2.62. The summed E-state index contributed by atoms with van der Waals surface area (Å²) in [7, 11) is 0. The molecule has 2 heteroatoms. The van der Waals surface area contributed by atoms with E-state index in [9.17, 15) is 4.79 Å². The molecule has 0 spiro atoms. The van der Waals surface area contributed by atoms with Crippen molar-refractivity contribution >= 4 is 16.6 Å². The van der Waals surface area contributed by atoms with E-state index in [0.717, 1.165) is 22.3 Å². The van der Waals surface area contributed by atoms with Gasteiger partial charge in [-0.15, -0.1) is 0 Å². The minimum Gasteiger partial charge on any atom is -0.481 e. The Morgan fingerprint density at radius 1 is 0.880 bits per heavy atom. The highest BCUT2D eigenvalue weighted by Gasteiger charge is 2.44. The van der Waals surface area contributed by atoms with Gasteiger partial charge in [-0.3, -0.25) is 4.79 Å². The lowest BCUT2D eigenvalue weighted by atomic mass is 9.78. The van der Waals surface area contributed by atoms with E-state index in [4.69, 9.17) is 4.74 Å². The minimum absolute atomic E-state index is 0.0750. The van der Waals surface area contributed by atoms with Crippen molar-refractivity contribution in [2.24, 2.45) is 5.41 Å². The van der Waals surface area contributed by atoms with Gasteiger partial charge in [-0.2, -0.15) is 0 Å². The van der Waals surface area contributed by atoms with Gasteiger partial charge in [-0.05, 0) is 22.4 Å². The summed E-state index contributed by atoms with van der Waals surface area (Å²) in [4.78, 5) is 13.1. The van der Waals surface area contributed by atoms with E-state index >= 15 is 0 Å². The molecule has 4 rings (SSSR count). The van der Waals surface area contributed by atoms with Crippen molar-refractivity contribution < 1.29 is 9.53 Å². The lowest BCUT2D eigenvalue weighted by Crippen LogP contribution is -2.38. The van der Waals surface area contributed by atoms with Crippen LogP contribution in [0.3, 0.4) is 0 Å². The van der Waals surface area contributed by atoms with Gasteiger partial charge in [0.25, 0.3) is 0 Å². The first kappa shape index (κ1) is 15.9. The van der Waals surface area contributed by atoms with Crippen LogP contribution >= 0.6 is 0 Å². The monoisotopic (exact) mass is 330 g/mol. The fourth-order valence-corrected chi connectivity index (χ4v) is 3.69. The van der Waals surface area contributed by atoms with E-state index in [-0.39, 0.29) is 11.7 Å². The van der Waals surface area contributed by atoms with Crippen LogP contribution in [-0.4, -0.2) is 11.9 Å². The average Bonchev–Trinajstić information content (AvgIpc) is 3.00. The molecule has 0 fully saturated rings. The van der Waals surface area contributed by atoms with Gasteiger partial charge in [0.2, 0.25) is 0 Å². The van der Waals surface area contributed by atoms with Crippen LogP contribution < -0.4 is 4.74 Å². The van der Waals surface area contributed by atoms with Crippen LogP contribution in [0.4, 0.5) is 0 Å². The van der Waals surface area contributed by atoms with E-state index in [1.807, 2.05) is 57.2 Å². The van der Waals surface area contributed by atoms with Gasteiger partial charge in [-0.1, -0.05) is 81.4 Å². The maximum absolute atomic E-state index is 13.1. The number of carbonyl (C=O) groups excluding carboxylic acids is 1. The highest BCUT2D eigenvalue weighted by molar-refractivity contribution is 5.95. The average molecular weight is 330 g/mol. The number of carbonyl (C=O) groups is 1. The summed E-state index contributed by atoms with van der Waals surface area (Å²) in [6.07, 6.45) is -0.483. The molecule has 0 bridgehead atoms. The van der Waals surface area contributed by atoms with Crippen LogP contribution in [0.1, 0.15) is 37.8 Å². The van der Waals surface area contributed by atoms with E-state index in [1.165, 1.54) is 5.39 Å². The molecule has 0 N–H and O–H groups in total. The Labute approximate surface area is 148 Å². The van der Waals surface area contributed by atoms with Crippen molar-refractivity contribution in [2.75, 3.05) is 0 Å². The van der Waals surface area contributed by atoms with Crippen LogP contribution in [0, 0.1) is 5.41 Å². The summed E-state index contributed by atoms with van der Waals surface area (Å²) in [6.45, 7) is 5.88. The molecule has 0 radical (unpaired) electrons. The zero-order valence-electron chi connectivity index (χ0n) is 14.8. The van der Waals surface area contributed by atoms with E-state index in [2.05, 4.69) is 30.3 Å². The number of fused-ring (bicyclic) bond motifs is 3. The predicted octanol–water partition coefficient (Wildman–Crippen LogP) is 5.35. The largest absolute Gasteiger partial charge is 0.481 e. The summed E-state index contributed by atoms with van der Waals surface area (Å²) < 4.78 is 6.22. The highest BCUT2D eigenvalue weighted by atomic mass is 16.5. The molecule has 1 heterocycles. The molecule has 3 aromatic carbocycles. The SMILES string of the molecule is CC(C)(C)C(=O)C1Oc2ccc3ccccc3c2C1c1ccccc1. The highest BCUT2D eigenvalue weighted by Crippen LogP contribution is 2.47. The van der Waals surface area contributed by atoms with Crippen molar-refractivity contribution in [1.82, 2.24) is 0 Å². The molecule has 126 valence electrons. The third-order valence-electron chi connectivity index (χ3n) is 4.95. The van der Waals surface area contributed by atoms with Gasteiger partial charge < -0.3 is 4.74 Å². The second-order valence-electron chi connectivity index (χ2n) is 7.74. The lowest BCUT2D eigenvalue weighted by Gasteiger charge is -2.25. The molecule has 25 heavy (non-hydrogen) atoms. The molecular weight excluding hydrogens is 308 g/mol. The third-order valence-corrected chi connectivity index (χ3v) is 4.95. The number of hydrogen-bond acceptors (Lipinski definition) is 2. The number of rotatable bonds is 2. The van der Waals surface area contributed by atoms with Crippen molar-refractivity contribution in [3.63, 3.8) is 0 Å². The minimum atomic E-state index is -0.483. The van der Waals surface area contributed by atoms with Crippen molar-refractivity contribution in [1.29, 1.82) is 0 Å². The topological polar surface area (TPSA) is 26.3 Å². The van der Waals surface area contributed by atoms with Crippen molar-refractivity contribution in [2.45, 2.75) is 32.8 Å². The maximum Gasteiger partial charge on any atom is 0.179 e. The molecule has 0 aliphatic carbocycles. The molecule has 1 aliphatic heterocycles. The molecule has 2 nitrogen and oxygen atoms in total. The summed E-state index contributed by atoms with van der Waals surface area (Å²) in [6, 6.07) is 22.6. The summed E-state index contributed by atoms with van der Waals surface area (Å²) >= 11 is 0. The van der Waals surface area contributed by atoms with Gasteiger partial charge in [-0.25, -0.2) is 0 Å². The van der Waals surface area contributed by atoms with E-state index in [1.54, 1.807) is 0 Å². The van der Waals surface area contributed by atoms with Crippen molar-refractivity contribution in [3.8, 4) is 5.75 Å². The molecule has 1 aliphatic rings. The molecule has 2 unspecified atom stereocenters. The van der Waals surface area contributed by atoms with Crippen molar-refractivity contribution in [3.05, 3.63) is 77.9 Å². The van der Waals surface area contributed by atoms with Crippen LogP contribution in [0.25, 0.3) is 10.8 Å². The second-order valence-corrected chi connectivity index (χ2v) is 7.74. The lowest BCUT2D eigenvalue weighted by molar-refractivity contribution is -0.133. The standard InChI is InChI=1S/C23H22O2/c1-23(2,3)22(24)21-19(16-10-5-4-6-11-16)20-17-12-8-7-9-15(17)13-14-18(20)25-21/h4-14,19,21H,1-3H3. The first-order valence-corrected chi connectivity index (χ1v) is 8.74. The first-order chi connectivity index (χ1) is 12.0. The van der Waals surface area contributed by atoms with Gasteiger partial charge in [0.05, 0.1) is 5.92 Å². The Kier molecular flexibility index (Phi) is 3.64. The Morgan fingerprint density at radius 3 is 2.28 bits per heavy atom. The normalized spacial score (nSPS) is 19.5. The molecule has 0 aromatic heterocycles. The van der Waals surface area contributed by atoms with Gasteiger partial charge >= 0.3 is 0 Å². The fraction of sp³-hybridized carbons (Fsp3) is 0.261. The molecule has 3 aromatic rings. The Bertz CT molecular complexity index is 935. The number of Topliss-reactive ketones (excluding diaryl/α,β-unsaturated/α-hetero) is 1. The molecule has 0 saturated carbocycles. The van der Waals surface area contributed by atoms with Gasteiger partial charge in [0.15, 0.2) is 11.9 Å².